The summed E-state index contributed by atoms with van der Waals surface area (Å²) in [7, 11) is -2.17. The van der Waals surface area contributed by atoms with Crippen LogP contribution in [0, 0.1) is 25.7 Å². The fourth-order valence-electron chi connectivity index (χ4n) is 4.81. The number of benzene rings is 2. The highest BCUT2D eigenvalue weighted by molar-refractivity contribution is 7.89. The molecule has 0 bridgehead atoms. The third-order valence-electron chi connectivity index (χ3n) is 6.87. The summed E-state index contributed by atoms with van der Waals surface area (Å²) < 4.78 is 33.0. The van der Waals surface area contributed by atoms with E-state index in [1.807, 2.05) is 11.8 Å². The quantitative estimate of drug-likeness (QED) is 0.671. The van der Waals surface area contributed by atoms with Crippen LogP contribution in [0.1, 0.15) is 18.1 Å². The Morgan fingerprint density at radius 3 is 2.42 bits per heavy atom. The molecule has 8 heteroatoms. The molecule has 33 heavy (non-hydrogen) atoms. The number of amides is 1. The molecule has 0 saturated carbocycles. The summed E-state index contributed by atoms with van der Waals surface area (Å²) in [4.78, 5) is 17.8. The largest absolute Gasteiger partial charge is 0.497 e. The molecule has 0 spiro atoms. The van der Waals surface area contributed by atoms with Crippen molar-refractivity contribution in [3.05, 3.63) is 53.6 Å². The Morgan fingerprint density at radius 2 is 1.73 bits per heavy atom. The van der Waals surface area contributed by atoms with E-state index in [1.165, 1.54) is 34.3 Å². The monoisotopic (exact) mass is 471 g/mol. The van der Waals surface area contributed by atoms with Gasteiger partial charge in [0, 0.05) is 51.0 Å². The molecule has 7 nitrogen and oxygen atoms in total. The van der Waals surface area contributed by atoms with E-state index in [0.717, 1.165) is 13.1 Å². The van der Waals surface area contributed by atoms with Gasteiger partial charge in [-0.3, -0.25) is 4.79 Å². The molecule has 0 aromatic heterocycles. The molecule has 0 radical (unpaired) electrons. The number of ether oxygens (including phenoxy) is 1. The summed E-state index contributed by atoms with van der Waals surface area (Å²) in [6.07, 6.45) is 0. The highest BCUT2D eigenvalue weighted by Crippen LogP contribution is 2.31. The van der Waals surface area contributed by atoms with Crippen molar-refractivity contribution in [1.82, 2.24) is 9.21 Å². The minimum Gasteiger partial charge on any atom is -0.497 e. The van der Waals surface area contributed by atoms with E-state index in [4.69, 9.17) is 4.74 Å². The van der Waals surface area contributed by atoms with Crippen LogP contribution in [0.4, 0.5) is 5.69 Å². The molecule has 1 amide bonds. The first-order valence-corrected chi connectivity index (χ1v) is 12.9. The van der Waals surface area contributed by atoms with Crippen molar-refractivity contribution in [2.75, 3.05) is 51.3 Å². The van der Waals surface area contributed by atoms with E-state index >= 15 is 0 Å². The van der Waals surface area contributed by atoms with Crippen LogP contribution in [-0.4, -0.2) is 69.9 Å². The first-order valence-electron chi connectivity index (χ1n) is 11.5. The second-order valence-electron chi connectivity index (χ2n) is 9.19. The number of carbonyl (C=O) groups excluding carboxylic acids is 1. The fraction of sp³-hybridized carbons (Fsp3) is 0.480. The lowest BCUT2D eigenvalue weighted by Gasteiger charge is -2.38. The van der Waals surface area contributed by atoms with Gasteiger partial charge in [0.2, 0.25) is 15.9 Å². The Balaban J connectivity index is 1.42. The Morgan fingerprint density at radius 1 is 1.00 bits per heavy atom. The number of rotatable bonds is 5. The van der Waals surface area contributed by atoms with Gasteiger partial charge in [-0.1, -0.05) is 25.1 Å². The van der Waals surface area contributed by atoms with E-state index in [9.17, 15) is 13.2 Å². The SMILES string of the molecule is COc1cccc(S(=O)(=O)N2C[C@@H](C)[C@H](C(=O)N3CCN(c4cc(C)ccc4C)CC3)C2)c1. The van der Waals surface area contributed by atoms with Crippen LogP contribution < -0.4 is 9.64 Å². The molecule has 0 unspecified atom stereocenters. The molecule has 178 valence electrons. The zero-order valence-electron chi connectivity index (χ0n) is 19.8. The summed E-state index contributed by atoms with van der Waals surface area (Å²) in [5.74, 6) is 0.205. The number of nitrogens with zero attached hydrogens (tertiary/aromatic N) is 3. The van der Waals surface area contributed by atoms with Crippen LogP contribution in [0.2, 0.25) is 0 Å². The van der Waals surface area contributed by atoms with Crippen molar-refractivity contribution >= 4 is 21.6 Å². The highest BCUT2D eigenvalue weighted by Gasteiger charge is 2.42. The summed E-state index contributed by atoms with van der Waals surface area (Å²) in [5.41, 5.74) is 3.70. The molecule has 2 heterocycles. The summed E-state index contributed by atoms with van der Waals surface area (Å²) in [6.45, 7) is 9.60. The molecule has 2 aromatic carbocycles. The normalized spacial score (nSPS) is 21.9. The van der Waals surface area contributed by atoms with Crippen LogP contribution in [-0.2, 0) is 14.8 Å². The lowest BCUT2D eigenvalue weighted by Crippen LogP contribution is -2.51. The summed E-state index contributed by atoms with van der Waals surface area (Å²) in [5, 5.41) is 0. The first kappa shape index (κ1) is 23.6. The van der Waals surface area contributed by atoms with Crippen LogP contribution >= 0.6 is 0 Å². The third kappa shape index (κ3) is 4.73. The average Bonchev–Trinajstić information content (AvgIpc) is 3.22. The van der Waals surface area contributed by atoms with Crippen molar-refractivity contribution in [3.8, 4) is 5.75 Å². The maximum atomic E-state index is 13.4. The Labute approximate surface area is 197 Å². The molecular formula is C25H33N3O4S. The molecular weight excluding hydrogens is 438 g/mol. The lowest BCUT2D eigenvalue weighted by atomic mass is 9.96. The second kappa shape index (κ2) is 9.35. The van der Waals surface area contributed by atoms with Gasteiger partial charge in [0.05, 0.1) is 17.9 Å². The minimum atomic E-state index is -3.68. The van der Waals surface area contributed by atoms with Crippen molar-refractivity contribution in [1.29, 1.82) is 0 Å². The van der Waals surface area contributed by atoms with Gasteiger partial charge >= 0.3 is 0 Å². The van der Waals surface area contributed by atoms with Crippen molar-refractivity contribution in [2.24, 2.45) is 11.8 Å². The number of hydrogen-bond donors (Lipinski definition) is 0. The van der Waals surface area contributed by atoms with E-state index in [1.54, 1.807) is 18.2 Å². The number of hydrogen-bond acceptors (Lipinski definition) is 5. The second-order valence-corrected chi connectivity index (χ2v) is 11.1. The molecule has 2 aliphatic rings. The standard InChI is InChI=1S/C25H33N3O4S/c1-18-8-9-19(2)24(14-18)26-10-12-27(13-11-26)25(29)23-17-28(16-20(23)3)33(30,31)22-7-5-6-21(15-22)32-4/h5-9,14-15,20,23H,10-13,16-17H2,1-4H3/t20-,23-/m1/s1. The van der Waals surface area contributed by atoms with Gasteiger partial charge in [-0.2, -0.15) is 4.31 Å². The van der Waals surface area contributed by atoms with Gasteiger partial charge < -0.3 is 14.5 Å². The van der Waals surface area contributed by atoms with E-state index < -0.39 is 10.0 Å². The minimum absolute atomic E-state index is 0.0325. The average molecular weight is 472 g/mol. The van der Waals surface area contributed by atoms with Crippen LogP contribution in [0.15, 0.2) is 47.4 Å². The Kier molecular flexibility index (Phi) is 6.68. The van der Waals surface area contributed by atoms with E-state index in [2.05, 4.69) is 36.9 Å². The van der Waals surface area contributed by atoms with Crippen LogP contribution in [0.3, 0.4) is 0 Å². The van der Waals surface area contributed by atoms with Gasteiger partial charge in [0.25, 0.3) is 0 Å². The van der Waals surface area contributed by atoms with Gasteiger partial charge in [0.1, 0.15) is 5.75 Å². The number of methoxy groups -OCH3 is 1. The highest BCUT2D eigenvalue weighted by atomic mass is 32.2. The van der Waals surface area contributed by atoms with Crippen LogP contribution in [0.5, 0.6) is 5.75 Å². The molecule has 0 N–H and O–H groups in total. The van der Waals surface area contributed by atoms with Gasteiger partial charge in [-0.25, -0.2) is 8.42 Å². The summed E-state index contributed by atoms with van der Waals surface area (Å²) in [6, 6.07) is 12.9. The van der Waals surface area contributed by atoms with E-state index in [0.29, 0.717) is 25.4 Å². The first-order chi connectivity index (χ1) is 15.7. The van der Waals surface area contributed by atoms with Crippen LogP contribution in [0.25, 0.3) is 0 Å². The van der Waals surface area contributed by atoms with Gasteiger partial charge in [-0.15, -0.1) is 0 Å². The number of sulfonamides is 1. The number of piperazine rings is 1. The van der Waals surface area contributed by atoms with Crippen molar-refractivity contribution < 1.29 is 17.9 Å². The molecule has 2 fully saturated rings. The number of aryl methyl sites for hydroxylation is 2. The molecule has 2 saturated heterocycles. The predicted octanol–water partition coefficient (Wildman–Crippen LogP) is 2.92. The maximum absolute atomic E-state index is 13.4. The smallest absolute Gasteiger partial charge is 0.243 e. The van der Waals surface area contributed by atoms with Gasteiger partial charge in [0.15, 0.2) is 0 Å². The van der Waals surface area contributed by atoms with Crippen molar-refractivity contribution in [3.63, 3.8) is 0 Å². The number of carbonyl (C=O) groups is 1. The third-order valence-corrected chi connectivity index (χ3v) is 8.70. The topological polar surface area (TPSA) is 70.2 Å². The molecule has 2 aliphatic heterocycles. The predicted molar refractivity (Wildman–Crippen MR) is 129 cm³/mol. The number of anilines is 1. The maximum Gasteiger partial charge on any atom is 0.243 e. The molecule has 4 rings (SSSR count). The van der Waals surface area contributed by atoms with Crippen molar-refractivity contribution in [2.45, 2.75) is 25.7 Å². The van der Waals surface area contributed by atoms with Gasteiger partial charge in [-0.05, 0) is 49.1 Å². The summed E-state index contributed by atoms with van der Waals surface area (Å²) >= 11 is 0. The zero-order chi connectivity index (χ0) is 23.8. The lowest BCUT2D eigenvalue weighted by molar-refractivity contribution is -0.136. The fourth-order valence-corrected chi connectivity index (χ4v) is 6.42. The molecule has 2 aromatic rings. The molecule has 0 aliphatic carbocycles. The zero-order valence-corrected chi connectivity index (χ0v) is 20.6. The Bertz CT molecular complexity index is 1130. The Hall–Kier alpha value is -2.58. The molecule has 2 atom stereocenters. The van der Waals surface area contributed by atoms with E-state index in [-0.39, 0.29) is 29.2 Å².